The molecular formula is C20H14FN3. The zero-order valence-corrected chi connectivity index (χ0v) is 12.8. The van der Waals surface area contributed by atoms with Gasteiger partial charge in [0.2, 0.25) is 0 Å². The van der Waals surface area contributed by atoms with E-state index in [-0.39, 0.29) is 5.82 Å². The predicted molar refractivity (Wildman–Crippen MR) is 94.3 cm³/mol. The SMILES string of the molecule is F/C(=C\c1ccccc1)c1nc2ccccc2n1-c1ccccn1. The molecular weight excluding hydrogens is 301 g/mol. The normalized spacial score (nSPS) is 11.8. The van der Waals surface area contributed by atoms with Crippen molar-refractivity contribution in [3.63, 3.8) is 0 Å². The van der Waals surface area contributed by atoms with E-state index in [1.54, 1.807) is 10.8 Å². The first kappa shape index (κ1) is 14.3. The number of aromatic nitrogens is 3. The quantitative estimate of drug-likeness (QED) is 0.539. The molecule has 116 valence electrons. The minimum atomic E-state index is -0.400. The van der Waals surface area contributed by atoms with E-state index in [2.05, 4.69) is 9.97 Å². The molecule has 24 heavy (non-hydrogen) atoms. The highest BCUT2D eigenvalue weighted by Crippen LogP contribution is 2.27. The Morgan fingerprint density at radius 3 is 2.42 bits per heavy atom. The maximum atomic E-state index is 15.0. The van der Waals surface area contributed by atoms with Crippen molar-refractivity contribution in [2.75, 3.05) is 0 Å². The van der Waals surface area contributed by atoms with Crippen LogP contribution >= 0.6 is 0 Å². The number of fused-ring (bicyclic) bond motifs is 1. The maximum absolute atomic E-state index is 15.0. The monoisotopic (exact) mass is 315 g/mol. The van der Waals surface area contributed by atoms with E-state index in [4.69, 9.17) is 0 Å². The van der Waals surface area contributed by atoms with Gasteiger partial charge in [-0.2, -0.15) is 0 Å². The first-order valence-corrected chi connectivity index (χ1v) is 7.64. The van der Waals surface area contributed by atoms with Crippen LogP contribution in [0.15, 0.2) is 79.0 Å². The molecule has 2 aromatic carbocycles. The van der Waals surface area contributed by atoms with Crippen LogP contribution in [0.2, 0.25) is 0 Å². The molecule has 2 aromatic heterocycles. The number of para-hydroxylation sites is 2. The van der Waals surface area contributed by atoms with Crippen molar-refractivity contribution in [2.45, 2.75) is 0 Å². The second-order valence-corrected chi connectivity index (χ2v) is 5.35. The van der Waals surface area contributed by atoms with Crippen molar-refractivity contribution < 1.29 is 4.39 Å². The van der Waals surface area contributed by atoms with Crippen LogP contribution in [0.3, 0.4) is 0 Å². The summed E-state index contributed by atoms with van der Waals surface area (Å²) in [7, 11) is 0. The predicted octanol–water partition coefficient (Wildman–Crippen LogP) is 4.89. The van der Waals surface area contributed by atoms with Crippen LogP contribution in [-0.2, 0) is 0 Å². The zero-order valence-electron chi connectivity index (χ0n) is 12.8. The van der Waals surface area contributed by atoms with E-state index >= 15 is 0 Å². The van der Waals surface area contributed by atoms with E-state index in [1.165, 1.54) is 6.08 Å². The van der Waals surface area contributed by atoms with Gasteiger partial charge in [-0.15, -0.1) is 0 Å². The highest BCUT2D eigenvalue weighted by atomic mass is 19.1. The molecule has 0 spiro atoms. The standard InChI is InChI=1S/C20H14FN3/c21-16(14-15-8-2-1-3-9-15)20-23-17-10-4-5-11-18(17)24(20)19-12-6-7-13-22-19/h1-14H/b16-14-. The van der Waals surface area contributed by atoms with E-state index < -0.39 is 5.83 Å². The summed E-state index contributed by atoms with van der Waals surface area (Å²) in [5, 5.41) is 0. The third-order valence-electron chi connectivity index (χ3n) is 3.75. The number of rotatable bonds is 3. The lowest BCUT2D eigenvalue weighted by atomic mass is 10.2. The number of nitrogens with zero attached hydrogens (tertiary/aromatic N) is 3. The summed E-state index contributed by atoms with van der Waals surface area (Å²) < 4.78 is 16.7. The average Bonchev–Trinajstić information content (AvgIpc) is 3.03. The number of benzene rings is 2. The molecule has 4 heteroatoms. The third kappa shape index (κ3) is 2.58. The van der Waals surface area contributed by atoms with Gasteiger partial charge in [-0.25, -0.2) is 14.4 Å². The maximum Gasteiger partial charge on any atom is 0.175 e. The molecule has 0 fully saturated rings. The van der Waals surface area contributed by atoms with Gasteiger partial charge >= 0.3 is 0 Å². The summed E-state index contributed by atoms with van der Waals surface area (Å²) in [5.74, 6) is 0.486. The van der Waals surface area contributed by atoms with E-state index in [1.807, 2.05) is 72.8 Å². The number of imidazole rings is 1. The molecule has 0 aliphatic carbocycles. The van der Waals surface area contributed by atoms with Crippen LogP contribution in [0.1, 0.15) is 11.4 Å². The summed E-state index contributed by atoms with van der Waals surface area (Å²) in [5.41, 5.74) is 2.34. The Morgan fingerprint density at radius 2 is 1.62 bits per heavy atom. The Kier molecular flexibility index (Phi) is 3.63. The van der Waals surface area contributed by atoms with Crippen molar-refractivity contribution in [3.8, 4) is 5.82 Å². The summed E-state index contributed by atoms with van der Waals surface area (Å²) >= 11 is 0. The van der Waals surface area contributed by atoms with Gasteiger partial charge in [-0.05, 0) is 35.9 Å². The lowest BCUT2D eigenvalue weighted by molar-refractivity contribution is 0.741. The van der Waals surface area contributed by atoms with Gasteiger partial charge < -0.3 is 0 Å². The van der Waals surface area contributed by atoms with Crippen LogP contribution in [-0.4, -0.2) is 14.5 Å². The summed E-state index contributed by atoms with van der Waals surface area (Å²) in [4.78, 5) is 8.82. The van der Waals surface area contributed by atoms with Gasteiger partial charge in [0, 0.05) is 6.20 Å². The summed E-state index contributed by atoms with van der Waals surface area (Å²) in [6.07, 6.45) is 3.17. The molecule has 0 saturated heterocycles. The Morgan fingerprint density at radius 1 is 0.875 bits per heavy atom. The van der Waals surface area contributed by atoms with Crippen LogP contribution < -0.4 is 0 Å². The largest absolute Gasteiger partial charge is 0.274 e. The Balaban J connectivity index is 1.94. The van der Waals surface area contributed by atoms with E-state index in [9.17, 15) is 4.39 Å². The van der Waals surface area contributed by atoms with Crippen LogP contribution in [0.4, 0.5) is 4.39 Å². The van der Waals surface area contributed by atoms with Crippen molar-refractivity contribution in [3.05, 3.63) is 90.4 Å². The minimum Gasteiger partial charge on any atom is -0.274 e. The molecule has 0 aliphatic rings. The zero-order chi connectivity index (χ0) is 16.4. The number of pyridine rings is 1. The van der Waals surface area contributed by atoms with Crippen LogP contribution in [0, 0.1) is 0 Å². The van der Waals surface area contributed by atoms with Crippen LogP contribution in [0.25, 0.3) is 28.8 Å². The summed E-state index contributed by atoms with van der Waals surface area (Å²) in [6.45, 7) is 0. The molecule has 0 aliphatic heterocycles. The van der Waals surface area contributed by atoms with Gasteiger partial charge in [-0.3, -0.25) is 4.57 Å². The minimum absolute atomic E-state index is 0.249. The molecule has 0 bridgehead atoms. The van der Waals surface area contributed by atoms with Crippen molar-refractivity contribution in [1.29, 1.82) is 0 Å². The first-order valence-electron chi connectivity index (χ1n) is 7.64. The molecule has 0 radical (unpaired) electrons. The number of hydrogen-bond donors (Lipinski definition) is 0. The highest BCUT2D eigenvalue weighted by molar-refractivity contribution is 5.84. The molecule has 4 aromatic rings. The second kappa shape index (κ2) is 6.08. The molecule has 0 amide bonds. The Hall–Kier alpha value is -3.27. The molecule has 3 nitrogen and oxygen atoms in total. The van der Waals surface area contributed by atoms with Gasteiger partial charge in [0.1, 0.15) is 5.82 Å². The van der Waals surface area contributed by atoms with E-state index in [0.29, 0.717) is 5.82 Å². The second-order valence-electron chi connectivity index (χ2n) is 5.35. The molecule has 0 N–H and O–H groups in total. The third-order valence-corrected chi connectivity index (χ3v) is 3.75. The van der Waals surface area contributed by atoms with E-state index in [0.717, 1.165) is 16.6 Å². The fourth-order valence-electron chi connectivity index (χ4n) is 2.66. The Bertz CT molecular complexity index is 1000. The number of halogens is 1. The highest BCUT2D eigenvalue weighted by Gasteiger charge is 2.16. The van der Waals surface area contributed by atoms with Crippen molar-refractivity contribution in [2.24, 2.45) is 0 Å². The molecule has 2 heterocycles. The first-order chi connectivity index (χ1) is 11.8. The number of hydrogen-bond acceptors (Lipinski definition) is 2. The molecule has 0 atom stereocenters. The fourth-order valence-corrected chi connectivity index (χ4v) is 2.66. The molecule has 0 saturated carbocycles. The fraction of sp³-hybridized carbons (Fsp3) is 0. The van der Waals surface area contributed by atoms with Crippen molar-refractivity contribution >= 4 is 22.9 Å². The lowest BCUT2D eigenvalue weighted by Crippen LogP contribution is -2.01. The van der Waals surface area contributed by atoms with Gasteiger partial charge in [-0.1, -0.05) is 48.5 Å². The average molecular weight is 315 g/mol. The molecule has 0 unspecified atom stereocenters. The Labute approximate surface area is 138 Å². The lowest BCUT2D eigenvalue weighted by Gasteiger charge is -2.07. The topological polar surface area (TPSA) is 30.7 Å². The van der Waals surface area contributed by atoms with Crippen LogP contribution in [0.5, 0.6) is 0 Å². The summed E-state index contributed by atoms with van der Waals surface area (Å²) in [6, 6.07) is 22.5. The van der Waals surface area contributed by atoms with Crippen molar-refractivity contribution in [1.82, 2.24) is 14.5 Å². The molecule has 4 rings (SSSR count). The van der Waals surface area contributed by atoms with Gasteiger partial charge in [0.25, 0.3) is 0 Å². The van der Waals surface area contributed by atoms with Gasteiger partial charge in [0.05, 0.1) is 11.0 Å². The van der Waals surface area contributed by atoms with Gasteiger partial charge in [0.15, 0.2) is 11.7 Å². The smallest absolute Gasteiger partial charge is 0.175 e.